The van der Waals surface area contributed by atoms with Crippen LogP contribution >= 0.6 is 11.6 Å². The summed E-state index contributed by atoms with van der Waals surface area (Å²) >= 11 is 5.64. The van der Waals surface area contributed by atoms with Crippen LogP contribution in [0, 0.1) is 11.7 Å². The molecule has 0 saturated carbocycles. The van der Waals surface area contributed by atoms with Crippen molar-refractivity contribution in [3.8, 4) is 0 Å². The van der Waals surface area contributed by atoms with Gasteiger partial charge in [-0.15, -0.1) is 0 Å². The fraction of sp³-hybridized carbons (Fsp3) is 0.538. The normalized spacial score (nSPS) is 26.1. The Balaban J connectivity index is 1.98. The lowest BCUT2D eigenvalue weighted by atomic mass is 9.92. The number of halogens is 2. The van der Waals surface area contributed by atoms with Gasteiger partial charge in [0.15, 0.2) is 0 Å². The summed E-state index contributed by atoms with van der Waals surface area (Å²) in [7, 11) is 0. The first-order chi connectivity index (χ1) is 8.06. The second kappa shape index (κ2) is 5.34. The Kier molecular flexibility index (Phi) is 4.02. The Labute approximate surface area is 106 Å². The lowest BCUT2D eigenvalue weighted by Gasteiger charge is -2.17. The number of ether oxygens (including phenoxy) is 1. The van der Waals surface area contributed by atoms with Gasteiger partial charge in [-0.1, -0.05) is 17.7 Å². The first-order valence-electron chi connectivity index (χ1n) is 5.87. The van der Waals surface area contributed by atoms with Crippen molar-refractivity contribution in [3.63, 3.8) is 0 Å². The van der Waals surface area contributed by atoms with Crippen molar-refractivity contribution >= 4 is 11.6 Å². The van der Waals surface area contributed by atoms with E-state index in [0.29, 0.717) is 18.9 Å². The lowest BCUT2D eigenvalue weighted by molar-refractivity contribution is 0.118. The van der Waals surface area contributed by atoms with Gasteiger partial charge in [0.2, 0.25) is 0 Å². The van der Waals surface area contributed by atoms with Gasteiger partial charge >= 0.3 is 0 Å². The minimum atomic E-state index is -0.382. The Bertz CT molecular complexity index is 399. The summed E-state index contributed by atoms with van der Waals surface area (Å²) in [5, 5.41) is 0.153. The van der Waals surface area contributed by atoms with E-state index < -0.39 is 0 Å². The van der Waals surface area contributed by atoms with Gasteiger partial charge in [-0.05, 0) is 37.5 Å². The van der Waals surface area contributed by atoms with Crippen molar-refractivity contribution in [3.05, 3.63) is 34.6 Å². The molecular formula is C13H17ClFNO. The second-order valence-corrected chi connectivity index (χ2v) is 5.16. The summed E-state index contributed by atoms with van der Waals surface area (Å²) in [5.41, 5.74) is 7.01. The SMILES string of the molecule is CC1CC(C(N)Cc2ccc(Cl)c(F)c2)CO1. The number of nitrogens with two attached hydrogens (primary N) is 1. The van der Waals surface area contributed by atoms with E-state index in [2.05, 4.69) is 6.92 Å². The molecule has 0 aliphatic carbocycles. The van der Waals surface area contributed by atoms with Crippen LogP contribution in [0.4, 0.5) is 4.39 Å². The number of hydrogen-bond acceptors (Lipinski definition) is 2. The van der Waals surface area contributed by atoms with Crippen LogP contribution < -0.4 is 5.73 Å². The first kappa shape index (κ1) is 12.8. The van der Waals surface area contributed by atoms with Gasteiger partial charge in [0.25, 0.3) is 0 Å². The van der Waals surface area contributed by atoms with Crippen LogP contribution in [0.3, 0.4) is 0 Å². The molecule has 0 aromatic heterocycles. The molecule has 1 fully saturated rings. The van der Waals surface area contributed by atoms with Crippen LogP contribution in [0.5, 0.6) is 0 Å². The predicted molar refractivity (Wildman–Crippen MR) is 66.6 cm³/mol. The molecule has 1 aliphatic rings. The van der Waals surface area contributed by atoms with Crippen molar-refractivity contribution < 1.29 is 9.13 Å². The van der Waals surface area contributed by atoms with E-state index >= 15 is 0 Å². The van der Waals surface area contributed by atoms with E-state index in [1.165, 1.54) is 6.07 Å². The van der Waals surface area contributed by atoms with E-state index in [1.807, 2.05) is 6.07 Å². The van der Waals surface area contributed by atoms with Gasteiger partial charge < -0.3 is 10.5 Å². The van der Waals surface area contributed by atoms with Gasteiger partial charge in [0.1, 0.15) is 5.82 Å². The predicted octanol–water partition coefficient (Wildman–Crippen LogP) is 2.77. The van der Waals surface area contributed by atoms with Crippen molar-refractivity contribution in [1.29, 1.82) is 0 Å². The summed E-state index contributed by atoms with van der Waals surface area (Å²) in [6.45, 7) is 2.76. The Morgan fingerprint density at radius 3 is 2.94 bits per heavy atom. The molecule has 94 valence electrons. The average molecular weight is 258 g/mol. The Hall–Kier alpha value is -0.640. The van der Waals surface area contributed by atoms with E-state index in [1.54, 1.807) is 6.07 Å². The second-order valence-electron chi connectivity index (χ2n) is 4.76. The smallest absolute Gasteiger partial charge is 0.142 e. The van der Waals surface area contributed by atoms with Crippen LogP contribution in [0.15, 0.2) is 18.2 Å². The first-order valence-corrected chi connectivity index (χ1v) is 6.25. The average Bonchev–Trinajstić information content (AvgIpc) is 2.70. The Morgan fingerprint density at radius 1 is 1.59 bits per heavy atom. The van der Waals surface area contributed by atoms with Crippen molar-refractivity contribution in [2.24, 2.45) is 11.7 Å². The molecule has 17 heavy (non-hydrogen) atoms. The summed E-state index contributed by atoms with van der Waals surface area (Å²) < 4.78 is 18.8. The number of benzene rings is 1. The van der Waals surface area contributed by atoms with Gasteiger partial charge in [0.05, 0.1) is 17.7 Å². The van der Waals surface area contributed by atoms with Gasteiger partial charge in [-0.2, -0.15) is 0 Å². The fourth-order valence-corrected chi connectivity index (χ4v) is 2.37. The number of rotatable bonds is 3. The van der Waals surface area contributed by atoms with E-state index in [9.17, 15) is 4.39 Å². The maximum absolute atomic E-state index is 13.3. The van der Waals surface area contributed by atoms with Crippen LogP contribution in [-0.4, -0.2) is 18.8 Å². The topological polar surface area (TPSA) is 35.2 Å². The zero-order valence-corrected chi connectivity index (χ0v) is 10.6. The highest BCUT2D eigenvalue weighted by Crippen LogP contribution is 2.24. The Morgan fingerprint density at radius 2 is 2.35 bits per heavy atom. The zero-order valence-electron chi connectivity index (χ0n) is 9.83. The molecule has 2 nitrogen and oxygen atoms in total. The molecule has 1 heterocycles. The third-order valence-corrected chi connectivity index (χ3v) is 3.60. The number of hydrogen-bond donors (Lipinski definition) is 1. The molecule has 1 saturated heterocycles. The van der Waals surface area contributed by atoms with Crippen LogP contribution in [0.2, 0.25) is 5.02 Å². The largest absolute Gasteiger partial charge is 0.378 e. The summed E-state index contributed by atoms with van der Waals surface area (Å²) in [4.78, 5) is 0. The third kappa shape index (κ3) is 3.18. The summed E-state index contributed by atoms with van der Waals surface area (Å²) in [6.07, 6.45) is 1.93. The van der Waals surface area contributed by atoms with E-state index in [0.717, 1.165) is 12.0 Å². The molecule has 2 N–H and O–H groups in total. The third-order valence-electron chi connectivity index (χ3n) is 3.29. The van der Waals surface area contributed by atoms with Crippen molar-refractivity contribution in [1.82, 2.24) is 0 Å². The van der Waals surface area contributed by atoms with Crippen LogP contribution in [-0.2, 0) is 11.2 Å². The fourth-order valence-electron chi connectivity index (χ4n) is 2.25. The zero-order chi connectivity index (χ0) is 12.4. The molecule has 1 aromatic rings. The van der Waals surface area contributed by atoms with Crippen molar-refractivity contribution in [2.45, 2.75) is 31.9 Å². The van der Waals surface area contributed by atoms with Gasteiger partial charge in [-0.25, -0.2) is 4.39 Å². The van der Waals surface area contributed by atoms with E-state index in [4.69, 9.17) is 22.1 Å². The lowest BCUT2D eigenvalue weighted by Crippen LogP contribution is -2.32. The quantitative estimate of drug-likeness (QED) is 0.904. The molecule has 0 amide bonds. The molecular weight excluding hydrogens is 241 g/mol. The molecule has 1 aromatic carbocycles. The molecule has 3 unspecified atom stereocenters. The van der Waals surface area contributed by atoms with E-state index in [-0.39, 0.29) is 23.0 Å². The minimum absolute atomic E-state index is 0.0144. The molecule has 2 rings (SSSR count). The monoisotopic (exact) mass is 257 g/mol. The molecule has 1 aliphatic heterocycles. The molecule has 0 spiro atoms. The standard InChI is InChI=1S/C13H17ClFNO/c1-8-4-10(7-17-8)13(16)6-9-2-3-11(14)12(15)5-9/h2-3,5,8,10,13H,4,6-7,16H2,1H3. The highest BCUT2D eigenvalue weighted by atomic mass is 35.5. The minimum Gasteiger partial charge on any atom is -0.378 e. The van der Waals surface area contributed by atoms with Gasteiger partial charge in [-0.3, -0.25) is 0 Å². The van der Waals surface area contributed by atoms with Crippen LogP contribution in [0.25, 0.3) is 0 Å². The molecule has 4 heteroatoms. The van der Waals surface area contributed by atoms with Crippen LogP contribution in [0.1, 0.15) is 18.9 Å². The summed E-state index contributed by atoms with van der Waals surface area (Å²) in [5.74, 6) is -0.0175. The summed E-state index contributed by atoms with van der Waals surface area (Å²) in [6, 6.07) is 4.87. The highest BCUT2D eigenvalue weighted by molar-refractivity contribution is 6.30. The van der Waals surface area contributed by atoms with Gasteiger partial charge in [0, 0.05) is 12.0 Å². The molecule has 0 radical (unpaired) electrons. The van der Waals surface area contributed by atoms with Crippen molar-refractivity contribution in [2.75, 3.05) is 6.61 Å². The molecule has 3 atom stereocenters. The maximum Gasteiger partial charge on any atom is 0.142 e. The maximum atomic E-state index is 13.3. The highest BCUT2D eigenvalue weighted by Gasteiger charge is 2.27. The molecule has 0 bridgehead atoms.